The highest BCUT2D eigenvalue weighted by Crippen LogP contribution is 2.69. The molecule has 4 aromatic carbocycles. The Morgan fingerprint density at radius 1 is 0.771 bits per heavy atom. The maximum absolute atomic E-state index is 14.9. The molecule has 1 saturated heterocycles. The number of benzene rings is 4. The minimum Gasteiger partial charge on any atom is -0.307 e. The monoisotopic (exact) mass is 479 g/mol. The second-order valence-electron chi connectivity index (χ2n) is 8.94. The lowest BCUT2D eigenvalue weighted by atomic mass is 9.76. The molecule has 4 aromatic rings. The molecule has 3 nitrogen and oxygen atoms in total. The Morgan fingerprint density at radius 3 is 1.57 bits per heavy atom. The van der Waals surface area contributed by atoms with Crippen molar-refractivity contribution in [3.05, 3.63) is 156 Å². The van der Waals surface area contributed by atoms with Crippen molar-refractivity contribution in [2.75, 3.05) is 6.16 Å². The number of rotatable bonds is 7. The minimum absolute atomic E-state index is 0.177. The molecular weight excluding hydrogens is 449 g/mol. The molecule has 0 aliphatic carbocycles. The second kappa shape index (κ2) is 9.79. The molecular formula is C31H30NO2P. The van der Waals surface area contributed by atoms with E-state index in [-0.39, 0.29) is 18.3 Å². The number of hydrogen-bond acceptors (Lipinski definition) is 2. The van der Waals surface area contributed by atoms with Crippen molar-refractivity contribution in [3.63, 3.8) is 0 Å². The highest BCUT2D eigenvalue weighted by molar-refractivity contribution is 7.57. The van der Waals surface area contributed by atoms with Crippen LogP contribution in [0.4, 0.5) is 0 Å². The second-order valence-corrected chi connectivity index (χ2v) is 11.2. The van der Waals surface area contributed by atoms with Gasteiger partial charge in [0.2, 0.25) is 0 Å². The predicted octanol–water partition coefficient (Wildman–Crippen LogP) is 7.82. The smallest absolute Gasteiger partial charge is 0.278 e. The van der Waals surface area contributed by atoms with Crippen LogP contribution < -0.4 is 0 Å². The minimum atomic E-state index is -3.36. The average molecular weight is 480 g/mol. The van der Waals surface area contributed by atoms with E-state index in [9.17, 15) is 4.57 Å². The van der Waals surface area contributed by atoms with Crippen molar-refractivity contribution in [3.8, 4) is 0 Å². The van der Waals surface area contributed by atoms with Gasteiger partial charge in [-0.2, -0.15) is 0 Å². The summed E-state index contributed by atoms with van der Waals surface area (Å²) in [5.74, 6) is 0. The van der Waals surface area contributed by atoms with Crippen molar-refractivity contribution in [1.82, 2.24) is 4.67 Å². The van der Waals surface area contributed by atoms with Gasteiger partial charge < -0.3 is 4.52 Å². The first kappa shape index (κ1) is 23.5. The standard InChI is InChI=1S/C31H30NO2P/c1-3-24-35(33)32(25(2)30(34-35)26-16-8-4-9-17-26)31(27-18-10-5-11-19-27,28-20-12-6-13-21-28)29-22-14-7-15-23-29/h3-23,25,30H,1,24H2,2H3/t25-,30-,35+/m0/s1. The Bertz CT molecular complexity index is 1210. The van der Waals surface area contributed by atoms with Crippen LogP contribution in [-0.4, -0.2) is 16.9 Å². The molecule has 0 bridgehead atoms. The zero-order valence-corrected chi connectivity index (χ0v) is 20.8. The molecule has 0 unspecified atom stereocenters. The summed E-state index contributed by atoms with van der Waals surface area (Å²) >= 11 is 0. The van der Waals surface area contributed by atoms with Crippen molar-refractivity contribution in [1.29, 1.82) is 0 Å². The fourth-order valence-electron chi connectivity index (χ4n) is 5.47. The van der Waals surface area contributed by atoms with E-state index in [0.717, 1.165) is 22.3 Å². The number of allylic oxidation sites excluding steroid dienone is 1. The first-order chi connectivity index (χ1) is 17.1. The fourth-order valence-corrected chi connectivity index (χ4v) is 8.29. The van der Waals surface area contributed by atoms with Gasteiger partial charge in [-0.1, -0.05) is 127 Å². The lowest BCUT2D eigenvalue weighted by Crippen LogP contribution is -2.48. The Balaban J connectivity index is 1.85. The molecule has 0 saturated carbocycles. The maximum Gasteiger partial charge on any atom is 0.278 e. The SMILES string of the molecule is C=CC[P@@]1(=O)O[C@H](c2ccccc2)[C@H](C)N1C(c1ccccc1)(c1ccccc1)c1ccccc1. The summed E-state index contributed by atoms with van der Waals surface area (Å²) in [6.07, 6.45) is 1.65. The summed E-state index contributed by atoms with van der Waals surface area (Å²) < 4.78 is 23.7. The van der Waals surface area contributed by atoms with Crippen LogP contribution in [0.3, 0.4) is 0 Å². The van der Waals surface area contributed by atoms with Crippen molar-refractivity contribution in [2.24, 2.45) is 0 Å². The van der Waals surface area contributed by atoms with Gasteiger partial charge in [-0.05, 0) is 29.2 Å². The van der Waals surface area contributed by atoms with E-state index in [2.05, 4.69) is 66.7 Å². The largest absolute Gasteiger partial charge is 0.307 e. The van der Waals surface area contributed by atoms with Gasteiger partial charge in [0.05, 0.1) is 6.16 Å². The van der Waals surface area contributed by atoms with Crippen LogP contribution in [0.2, 0.25) is 0 Å². The van der Waals surface area contributed by atoms with Gasteiger partial charge in [-0.3, -0.25) is 4.57 Å². The summed E-state index contributed by atoms with van der Waals surface area (Å²) in [6.45, 7) is 6.08. The van der Waals surface area contributed by atoms with Crippen LogP contribution in [0.1, 0.15) is 35.3 Å². The Morgan fingerprint density at radius 2 is 1.17 bits per heavy atom. The van der Waals surface area contributed by atoms with Crippen LogP contribution in [0.25, 0.3) is 0 Å². The zero-order chi connectivity index (χ0) is 24.3. The lowest BCUT2D eigenvalue weighted by molar-refractivity contribution is 0.177. The molecule has 1 aliphatic rings. The van der Waals surface area contributed by atoms with Crippen molar-refractivity contribution in [2.45, 2.75) is 24.6 Å². The molecule has 0 N–H and O–H groups in total. The molecule has 1 fully saturated rings. The van der Waals surface area contributed by atoms with Crippen LogP contribution >= 0.6 is 7.52 Å². The molecule has 0 spiro atoms. The molecule has 3 atom stereocenters. The third-order valence-corrected chi connectivity index (χ3v) is 9.43. The normalized spacial score (nSPS) is 22.7. The Kier molecular flexibility index (Phi) is 6.58. The van der Waals surface area contributed by atoms with Gasteiger partial charge in [0.25, 0.3) is 7.52 Å². The third-order valence-electron chi connectivity index (χ3n) is 6.84. The number of hydrogen-bond donors (Lipinski definition) is 0. The zero-order valence-electron chi connectivity index (χ0n) is 19.9. The summed E-state index contributed by atoms with van der Waals surface area (Å²) in [5, 5.41) is 0. The van der Waals surface area contributed by atoms with Crippen LogP contribution in [0.15, 0.2) is 134 Å². The molecule has 0 amide bonds. The summed E-state index contributed by atoms with van der Waals surface area (Å²) in [4.78, 5) is 0. The average Bonchev–Trinajstić information content (AvgIpc) is 3.18. The molecule has 5 rings (SSSR count). The van der Waals surface area contributed by atoms with E-state index in [0.29, 0.717) is 0 Å². The van der Waals surface area contributed by atoms with E-state index in [4.69, 9.17) is 4.52 Å². The van der Waals surface area contributed by atoms with E-state index in [1.807, 2.05) is 72.8 Å². The van der Waals surface area contributed by atoms with Crippen LogP contribution in [-0.2, 0) is 14.6 Å². The van der Waals surface area contributed by atoms with Gasteiger partial charge in [-0.15, -0.1) is 6.58 Å². The Hall–Kier alpha value is -3.23. The first-order valence-corrected chi connectivity index (χ1v) is 13.8. The van der Waals surface area contributed by atoms with Crippen molar-refractivity contribution >= 4 is 7.52 Å². The molecule has 35 heavy (non-hydrogen) atoms. The summed E-state index contributed by atoms with van der Waals surface area (Å²) in [6, 6.07) is 41.0. The maximum atomic E-state index is 14.9. The fraction of sp³-hybridized carbons (Fsp3) is 0.161. The van der Waals surface area contributed by atoms with Gasteiger partial charge in [0.15, 0.2) is 0 Å². The van der Waals surface area contributed by atoms with Gasteiger partial charge >= 0.3 is 0 Å². The van der Waals surface area contributed by atoms with Gasteiger partial charge in [-0.25, -0.2) is 4.67 Å². The Labute approximate surface area is 208 Å². The van der Waals surface area contributed by atoms with E-state index >= 15 is 0 Å². The van der Waals surface area contributed by atoms with Gasteiger partial charge in [0, 0.05) is 6.04 Å². The number of nitrogens with zero attached hydrogens (tertiary/aromatic N) is 1. The molecule has 0 aromatic heterocycles. The van der Waals surface area contributed by atoms with E-state index in [1.165, 1.54) is 0 Å². The quantitative estimate of drug-likeness (QED) is 0.154. The summed E-state index contributed by atoms with van der Waals surface area (Å²) in [7, 11) is -3.36. The predicted molar refractivity (Wildman–Crippen MR) is 143 cm³/mol. The highest BCUT2D eigenvalue weighted by atomic mass is 31.2. The molecule has 1 aliphatic heterocycles. The first-order valence-electron chi connectivity index (χ1n) is 12.0. The molecule has 176 valence electrons. The molecule has 1 heterocycles. The third kappa shape index (κ3) is 4.00. The van der Waals surface area contributed by atoms with Crippen molar-refractivity contribution < 1.29 is 9.09 Å². The van der Waals surface area contributed by atoms with Gasteiger partial charge in [0.1, 0.15) is 11.6 Å². The van der Waals surface area contributed by atoms with E-state index < -0.39 is 13.1 Å². The van der Waals surface area contributed by atoms with Crippen LogP contribution in [0.5, 0.6) is 0 Å². The highest BCUT2D eigenvalue weighted by Gasteiger charge is 2.58. The van der Waals surface area contributed by atoms with Crippen LogP contribution in [0, 0.1) is 0 Å². The van der Waals surface area contributed by atoms with E-state index in [1.54, 1.807) is 6.08 Å². The molecule has 0 radical (unpaired) electrons. The lowest BCUT2D eigenvalue weighted by Gasteiger charge is -2.46. The summed E-state index contributed by atoms with van der Waals surface area (Å²) in [5.41, 5.74) is 3.34. The molecule has 4 heteroatoms. The topological polar surface area (TPSA) is 29.5 Å².